The van der Waals surface area contributed by atoms with Crippen molar-refractivity contribution >= 4 is 0 Å². The predicted octanol–water partition coefficient (Wildman–Crippen LogP) is 2.09. The Morgan fingerprint density at radius 3 is 2.94 bits per heavy atom. The average Bonchev–Trinajstić information content (AvgIpc) is 2.89. The third-order valence-electron chi connectivity index (χ3n) is 4.27. The second-order valence-corrected chi connectivity index (χ2v) is 5.84. The van der Waals surface area contributed by atoms with E-state index in [0.29, 0.717) is 5.54 Å². The largest absolute Gasteiger partial charge is 0.445 e. The van der Waals surface area contributed by atoms with Crippen LogP contribution in [0.4, 0.5) is 0 Å². The summed E-state index contributed by atoms with van der Waals surface area (Å²) in [5, 5.41) is 3.79. The third kappa shape index (κ3) is 2.59. The Morgan fingerprint density at radius 1 is 1.39 bits per heavy atom. The Morgan fingerprint density at radius 2 is 2.22 bits per heavy atom. The van der Waals surface area contributed by atoms with E-state index >= 15 is 0 Å². The van der Waals surface area contributed by atoms with Crippen molar-refractivity contribution in [2.75, 3.05) is 19.6 Å². The summed E-state index contributed by atoms with van der Waals surface area (Å²) in [5.41, 5.74) is 0.373. The molecular weight excluding hydrogens is 226 g/mol. The highest BCUT2D eigenvalue weighted by atomic mass is 16.4. The van der Waals surface area contributed by atoms with Gasteiger partial charge in [-0.2, -0.15) is 0 Å². The quantitative estimate of drug-likeness (QED) is 0.871. The molecule has 2 fully saturated rings. The van der Waals surface area contributed by atoms with E-state index in [1.165, 1.54) is 32.1 Å². The maximum Gasteiger partial charge on any atom is 0.208 e. The molecule has 1 aliphatic carbocycles. The molecule has 1 saturated carbocycles. The molecule has 0 bridgehead atoms. The molecule has 3 rings (SSSR count). The minimum atomic E-state index is 0.373. The molecule has 18 heavy (non-hydrogen) atoms. The van der Waals surface area contributed by atoms with Crippen LogP contribution in [0.5, 0.6) is 0 Å². The highest BCUT2D eigenvalue weighted by Gasteiger charge is 2.36. The first-order valence-electron chi connectivity index (χ1n) is 7.15. The molecule has 0 unspecified atom stereocenters. The Hall–Kier alpha value is -0.870. The van der Waals surface area contributed by atoms with Gasteiger partial charge in [0, 0.05) is 12.1 Å². The van der Waals surface area contributed by atoms with Crippen LogP contribution in [-0.4, -0.2) is 35.1 Å². The number of aryl methyl sites for hydroxylation is 1. The molecular formula is C14H23N3O. The maximum atomic E-state index is 5.60. The van der Waals surface area contributed by atoms with Crippen LogP contribution in [0.3, 0.4) is 0 Å². The molecule has 0 amide bonds. The Kier molecular flexibility index (Phi) is 3.39. The van der Waals surface area contributed by atoms with Gasteiger partial charge in [-0.15, -0.1) is 0 Å². The molecule has 100 valence electrons. The van der Waals surface area contributed by atoms with Gasteiger partial charge in [0.05, 0.1) is 12.7 Å². The van der Waals surface area contributed by atoms with E-state index in [1.54, 1.807) is 0 Å². The van der Waals surface area contributed by atoms with E-state index in [4.69, 9.17) is 4.42 Å². The molecule has 4 nitrogen and oxygen atoms in total. The predicted molar refractivity (Wildman–Crippen MR) is 70.3 cm³/mol. The summed E-state index contributed by atoms with van der Waals surface area (Å²) in [6.45, 7) is 6.27. The first kappa shape index (κ1) is 12.2. The van der Waals surface area contributed by atoms with Crippen LogP contribution in [0, 0.1) is 6.92 Å². The van der Waals surface area contributed by atoms with E-state index in [2.05, 4.69) is 15.2 Å². The lowest BCUT2D eigenvalue weighted by atomic mass is 9.97. The van der Waals surface area contributed by atoms with E-state index in [0.717, 1.165) is 37.8 Å². The van der Waals surface area contributed by atoms with Crippen LogP contribution >= 0.6 is 0 Å². The fraction of sp³-hybridized carbons (Fsp3) is 0.786. The molecule has 1 aromatic heterocycles. The van der Waals surface area contributed by atoms with Crippen molar-refractivity contribution in [3.8, 4) is 0 Å². The number of hydrogen-bond donors (Lipinski definition) is 1. The van der Waals surface area contributed by atoms with Gasteiger partial charge >= 0.3 is 0 Å². The molecule has 2 aliphatic rings. The molecule has 4 heteroatoms. The van der Waals surface area contributed by atoms with Crippen molar-refractivity contribution in [2.45, 2.75) is 51.1 Å². The summed E-state index contributed by atoms with van der Waals surface area (Å²) in [7, 11) is 0. The molecule has 1 N–H and O–H groups in total. The van der Waals surface area contributed by atoms with Crippen LogP contribution in [0.15, 0.2) is 10.6 Å². The lowest BCUT2D eigenvalue weighted by Crippen LogP contribution is -2.49. The van der Waals surface area contributed by atoms with E-state index in [1.807, 2.05) is 13.1 Å². The van der Waals surface area contributed by atoms with Crippen molar-refractivity contribution in [1.82, 2.24) is 15.2 Å². The molecule has 1 spiro atoms. The van der Waals surface area contributed by atoms with Gasteiger partial charge in [0.15, 0.2) is 0 Å². The molecule has 1 aliphatic heterocycles. The number of nitrogens with zero attached hydrogens (tertiary/aromatic N) is 2. The molecule has 0 radical (unpaired) electrons. The van der Waals surface area contributed by atoms with Gasteiger partial charge in [-0.1, -0.05) is 12.8 Å². The van der Waals surface area contributed by atoms with Gasteiger partial charge in [-0.05, 0) is 39.3 Å². The van der Waals surface area contributed by atoms with Crippen molar-refractivity contribution in [1.29, 1.82) is 0 Å². The highest BCUT2D eigenvalue weighted by molar-refractivity contribution is 4.98. The van der Waals surface area contributed by atoms with Crippen molar-refractivity contribution in [3.63, 3.8) is 0 Å². The number of rotatable bonds is 2. The summed E-state index contributed by atoms with van der Waals surface area (Å²) >= 11 is 0. The molecule has 2 heterocycles. The van der Waals surface area contributed by atoms with Crippen molar-refractivity contribution < 1.29 is 4.42 Å². The second-order valence-electron chi connectivity index (χ2n) is 5.84. The Bertz CT molecular complexity index is 395. The number of nitrogens with one attached hydrogen (secondary N) is 1. The lowest BCUT2D eigenvalue weighted by molar-refractivity contribution is 0.188. The molecule has 1 saturated heterocycles. The van der Waals surface area contributed by atoms with E-state index < -0.39 is 0 Å². The van der Waals surface area contributed by atoms with E-state index in [-0.39, 0.29) is 0 Å². The molecule has 0 atom stereocenters. The Labute approximate surface area is 109 Å². The first-order valence-corrected chi connectivity index (χ1v) is 7.15. The van der Waals surface area contributed by atoms with Gasteiger partial charge in [-0.25, -0.2) is 4.98 Å². The fourth-order valence-electron chi connectivity index (χ4n) is 3.41. The van der Waals surface area contributed by atoms with Crippen molar-refractivity contribution in [3.05, 3.63) is 17.8 Å². The number of aromatic nitrogens is 1. The summed E-state index contributed by atoms with van der Waals surface area (Å²) in [4.78, 5) is 6.84. The minimum absolute atomic E-state index is 0.373. The lowest BCUT2D eigenvalue weighted by Gasteiger charge is -2.32. The maximum absolute atomic E-state index is 5.60. The van der Waals surface area contributed by atoms with Gasteiger partial charge in [0.25, 0.3) is 0 Å². The van der Waals surface area contributed by atoms with Gasteiger partial charge in [0.2, 0.25) is 5.89 Å². The first-order chi connectivity index (χ1) is 8.76. The van der Waals surface area contributed by atoms with Crippen LogP contribution in [0.25, 0.3) is 0 Å². The summed E-state index contributed by atoms with van der Waals surface area (Å²) in [6.07, 6.45) is 8.44. The van der Waals surface area contributed by atoms with Gasteiger partial charge in [-0.3, -0.25) is 4.90 Å². The standard InChI is InChI=1S/C14H23N3O/c1-12-9-15-13(18-12)10-17-8-4-7-16-14(11-17)5-2-3-6-14/h9,16H,2-8,10-11H2,1H3. The smallest absolute Gasteiger partial charge is 0.208 e. The van der Waals surface area contributed by atoms with Crippen LogP contribution in [0.1, 0.15) is 43.8 Å². The summed E-state index contributed by atoms with van der Waals surface area (Å²) < 4.78 is 5.60. The fourth-order valence-corrected chi connectivity index (χ4v) is 3.41. The van der Waals surface area contributed by atoms with Crippen LogP contribution in [0.2, 0.25) is 0 Å². The zero-order valence-electron chi connectivity index (χ0n) is 11.2. The Balaban J connectivity index is 1.67. The highest BCUT2D eigenvalue weighted by Crippen LogP contribution is 2.32. The number of oxazole rings is 1. The average molecular weight is 249 g/mol. The topological polar surface area (TPSA) is 41.3 Å². The number of hydrogen-bond acceptors (Lipinski definition) is 4. The van der Waals surface area contributed by atoms with Crippen molar-refractivity contribution in [2.24, 2.45) is 0 Å². The van der Waals surface area contributed by atoms with Crippen LogP contribution in [-0.2, 0) is 6.54 Å². The SMILES string of the molecule is Cc1cnc(CN2CCCNC3(CCCC3)C2)o1. The minimum Gasteiger partial charge on any atom is -0.445 e. The third-order valence-corrected chi connectivity index (χ3v) is 4.27. The normalized spacial score (nSPS) is 24.5. The van der Waals surface area contributed by atoms with Gasteiger partial charge in [0.1, 0.15) is 5.76 Å². The molecule has 0 aromatic carbocycles. The zero-order chi connectivity index (χ0) is 12.4. The van der Waals surface area contributed by atoms with E-state index in [9.17, 15) is 0 Å². The monoisotopic (exact) mass is 249 g/mol. The summed E-state index contributed by atoms with van der Waals surface area (Å²) in [6, 6.07) is 0. The van der Waals surface area contributed by atoms with Crippen LogP contribution < -0.4 is 5.32 Å². The zero-order valence-corrected chi connectivity index (χ0v) is 11.2. The van der Waals surface area contributed by atoms with Gasteiger partial charge < -0.3 is 9.73 Å². The summed E-state index contributed by atoms with van der Waals surface area (Å²) in [5.74, 6) is 1.77. The molecule has 1 aromatic rings. The second kappa shape index (κ2) is 5.02.